The molecule has 4 rings (SSSR count). The molecule has 4 bridgehead atoms. The van der Waals surface area contributed by atoms with Crippen molar-refractivity contribution in [2.75, 3.05) is 0 Å². The highest BCUT2D eigenvalue weighted by Crippen LogP contribution is 2.30. The maximum absolute atomic E-state index is 12.1. The zero-order valence-corrected chi connectivity index (χ0v) is 10.9. The first kappa shape index (κ1) is 12.5. The van der Waals surface area contributed by atoms with Crippen LogP contribution in [-0.2, 0) is 9.47 Å². The summed E-state index contributed by atoms with van der Waals surface area (Å²) in [7, 11) is 0. The summed E-state index contributed by atoms with van der Waals surface area (Å²) in [5.74, 6) is -3.84. The second-order valence-corrected chi connectivity index (χ2v) is 4.87. The number of benzene rings is 2. The smallest absolute Gasteiger partial charge is 0.346 e. The van der Waals surface area contributed by atoms with Gasteiger partial charge in [0.1, 0.15) is 0 Å². The lowest BCUT2D eigenvalue weighted by atomic mass is 9.97. The summed E-state index contributed by atoms with van der Waals surface area (Å²) in [6.07, 6.45) is 0. The van der Waals surface area contributed by atoms with Crippen molar-refractivity contribution in [2.45, 2.75) is 0 Å². The van der Waals surface area contributed by atoms with Crippen molar-refractivity contribution in [2.24, 2.45) is 0 Å². The molecule has 0 unspecified atom stereocenters. The van der Waals surface area contributed by atoms with E-state index in [0.29, 0.717) is 11.1 Å². The molecule has 0 fully saturated rings. The Kier molecular flexibility index (Phi) is 2.33. The first-order valence-corrected chi connectivity index (χ1v) is 6.36. The van der Waals surface area contributed by atoms with Crippen molar-refractivity contribution in [1.82, 2.24) is 0 Å². The van der Waals surface area contributed by atoms with Gasteiger partial charge in [0.2, 0.25) is 0 Å². The number of fused-ring (bicyclic) bond motifs is 5. The summed E-state index contributed by atoms with van der Waals surface area (Å²) < 4.78 is 9.52. The van der Waals surface area contributed by atoms with E-state index in [1.807, 2.05) is 0 Å². The summed E-state index contributed by atoms with van der Waals surface area (Å²) in [6.45, 7) is 0. The molecule has 106 valence electrons. The SMILES string of the molecule is O=C1OC(=O)c2ccc3cc2C(=O)OC(=O)c2cc-3ccc21. The molecular formula is C16H6O6. The molecule has 2 aliphatic rings. The van der Waals surface area contributed by atoms with Gasteiger partial charge in [-0.05, 0) is 35.4 Å². The third-order valence-corrected chi connectivity index (χ3v) is 3.62. The van der Waals surface area contributed by atoms with Crippen LogP contribution < -0.4 is 0 Å². The third kappa shape index (κ3) is 1.61. The highest BCUT2D eigenvalue weighted by molar-refractivity contribution is 6.16. The molecule has 0 aliphatic carbocycles. The Labute approximate surface area is 123 Å². The maximum Gasteiger partial charge on any atom is 0.346 e. The monoisotopic (exact) mass is 294 g/mol. The number of hydrogen-bond donors (Lipinski definition) is 0. The second kappa shape index (κ2) is 4.11. The Hall–Kier alpha value is -3.28. The van der Waals surface area contributed by atoms with Gasteiger partial charge in [-0.1, -0.05) is 12.1 Å². The molecule has 0 N–H and O–H groups in total. The van der Waals surface area contributed by atoms with Gasteiger partial charge in [-0.3, -0.25) is 0 Å². The van der Waals surface area contributed by atoms with Crippen LogP contribution in [0, 0.1) is 0 Å². The molecule has 0 amide bonds. The molecule has 0 saturated heterocycles. The number of ether oxygens (including phenoxy) is 2. The van der Waals surface area contributed by atoms with Gasteiger partial charge in [-0.25, -0.2) is 19.2 Å². The third-order valence-electron chi connectivity index (χ3n) is 3.62. The fraction of sp³-hybridized carbons (Fsp3) is 0. The van der Waals surface area contributed by atoms with Gasteiger partial charge in [-0.2, -0.15) is 0 Å². The minimum atomic E-state index is -0.964. The molecule has 0 radical (unpaired) electrons. The number of esters is 4. The van der Waals surface area contributed by atoms with Crippen LogP contribution in [0.3, 0.4) is 0 Å². The van der Waals surface area contributed by atoms with Crippen LogP contribution in [0.1, 0.15) is 41.4 Å². The van der Waals surface area contributed by atoms with Gasteiger partial charge in [0.15, 0.2) is 0 Å². The second-order valence-electron chi connectivity index (χ2n) is 4.87. The lowest BCUT2D eigenvalue weighted by molar-refractivity contribution is 0.0334. The van der Waals surface area contributed by atoms with E-state index in [9.17, 15) is 19.2 Å². The normalized spacial score (nSPS) is 15.5. The highest BCUT2D eigenvalue weighted by atomic mass is 16.6. The first-order valence-electron chi connectivity index (χ1n) is 6.36. The van der Waals surface area contributed by atoms with Crippen molar-refractivity contribution in [3.05, 3.63) is 58.7 Å². The molecular weight excluding hydrogens is 288 g/mol. The Balaban J connectivity index is 2.19. The van der Waals surface area contributed by atoms with Crippen LogP contribution in [0.2, 0.25) is 0 Å². The van der Waals surface area contributed by atoms with Crippen molar-refractivity contribution < 1.29 is 28.7 Å². The summed E-state index contributed by atoms with van der Waals surface area (Å²) in [6, 6.07) is 8.83. The zero-order chi connectivity index (χ0) is 15.4. The first-order chi connectivity index (χ1) is 10.5. The topological polar surface area (TPSA) is 86.7 Å². The largest absolute Gasteiger partial charge is 0.386 e. The Morgan fingerprint density at radius 3 is 1.27 bits per heavy atom. The molecule has 0 atom stereocenters. The van der Waals surface area contributed by atoms with Crippen LogP contribution in [0.15, 0.2) is 36.4 Å². The van der Waals surface area contributed by atoms with Crippen molar-refractivity contribution in [3.8, 4) is 11.1 Å². The van der Waals surface area contributed by atoms with Crippen LogP contribution in [-0.4, -0.2) is 23.9 Å². The number of carbonyl (C=O) groups excluding carboxylic acids is 4. The summed E-state index contributed by atoms with van der Waals surface area (Å²) in [5.41, 5.74) is 0.770. The fourth-order valence-corrected chi connectivity index (χ4v) is 2.53. The Bertz CT molecular complexity index is 835. The minimum absolute atomic E-state index is 0.116. The van der Waals surface area contributed by atoms with E-state index in [4.69, 9.17) is 9.47 Å². The molecule has 0 saturated carbocycles. The van der Waals surface area contributed by atoms with Crippen molar-refractivity contribution in [3.63, 3.8) is 0 Å². The van der Waals surface area contributed by atoms with E-state index < -0.39 is 23.9 Å². The number of rotatable bonds is 0. The summed E-state index contributed by atoms with van der Waals surface area (Å²) in [5, 5.41) is 0. The summed E-state index contributed by atoms with van der Waals surface area (Å²) >= 11 is 0. The van der Waals surface area contributed by atoms with Gasteiger partial charge in [-0.15, -0.1) is 0 Å². The number of hydrogen-bond acceptors (Lipinski definition) is 6. The molecule has 6 nitrogen and oxygen atoms in total. The maximum atomic E-state index is 12.1. The van der Waals surface area contributed by atoms with Gasteiger partial charge in [0.05, 0.1) is 22.3 Å². The van der Waals surface area contributed by atoms with E-state index in [1.165, 1.54) is 24.3 Å². The standard InChI is InChI=1S/C16H6O6/c17-13-9-3-1-7-5-11(9)15(19)22-16(20)12-6-8(7)2-4-10(12)14(18)21-13/h1-6H. The van der Waals surface area contributed by atoms with E-state index in [-0.39, 0.29) is 22.3 Å². The predicted octanol–water partition coefficient (Wildman–Crippen LogP) is 1.97. The lowest BCUT2D eigenvalue weighted by Gasteiger charge is -2.11. The Morgan fingerprint density at radius 1 is 0.500 bits per heavy atom. The quantitative estimate of drug-likeness (QED) is 0.545. The number of cyclic esters (lactones) is 2. The molecule has 2 heterocycles. The lowest BCUT2D eigenvalue weighted by Crippen LogP contribution is -2.23. The number of carbonyl (C=O) groups is 4. The van der Waals surface area contributed by atoms with E-state index >= 15 is 0 Å². The molecule has 2 aromatic carbocycles. The van der Waals surface area contributed by atoms with Crippen LogP contribution in [0.25, 0.3) is 11.1 Å². The molecule has 0 aromatic heterocycles. The van der Waals surface area contributed by atoms with Crippen molar-refractivity contribution >= 4 is 23.9 Å². The minimum Gasteiger partial charge on any atom is -0.386 e. The van der Waals surface area contributed by atoms with Gasteiger partial charge in [0.25, 0.3) is 0 Å². The van der Waals surface area contributed by atoms with E-state index in [0.717, 1.165) is 0 Å². The zero-order valence-electron chi connectivity index (χ0n) is 10.9. The van der Waals surface area contributed by atoms with Gasteiger partial charge in [0, 0.05) is 0 Å². The predicted molar refractivity (Wildman–Crippen MR) is 71.4 cm³/mol. The van der Waals surface area contributed by atoms with E-state index in [1.54, 1.807) is 12.1 Å². The van der Waals surface area contributed by atoms with Crippen LogP contribution in [0.4, 0.5) is 0 Å². The summed E-state index contributed by atoms with van der Waals surface area (Å²) in [4.78, 5) is 48.4. The fourth-order valence-electron chi connectivity index (χ4n) is 2.53. The molecule has 2 aromatic rings. The van der Waals surface area contributed by atoms with Crippen molar-refractivity contribution in [1.29, 1.82) is 0 Å². The molecule has 22 heavy (non-hydrogen) atoms. The highest BCUT2D eigenvalue weighted by Gasteiger charge is 2.31. The molecule has 0 spiro atoms. The average Bonchev–Trinajstić information content (AvgIpc) is 2.55. The Morgan fingerprint density at radius 2 is 0.864 bits per heavy atom. The molecule has 2 aliphatic heterocycles. The van der Waals surface area contributed by atoms with Crippen LogP contribution in [0.5, 0.6) is 0 Å². The van der Waals surface area contributed by atoms with Gasteiger partial charge < -0.3 is 9.47 Å². The molecule has 6 heteroatoms. The van der Waals surface area contributed by atoms with E-state index in [2.05, 4.69) is 0 Å². The van der Waals surface area contributed by atoms with Crippen LogP contribution >= 0.6 is 0 Å². The van der Waals surface area contributed by atoms with Gasteiger partial charge >= 0.3 is 23.9 Å². The average molecular weight is 294 g/mol.